The van der Waals surface area contributed by atoms with Crippen LogP contribution in [-0.2, 0) is 0 Å². The van der Waals surface area contributed by atoms with Crippen molar-refractivity contribution in [3.05, 3.63) is 24.3 Å². The molecule has 0 saturated heterocycles. The van der Waals surface area contributed by atoms with Crippen molar-refractivity contribution in [1.29, 1.82) is 0 Å². The monoisotopic (exact) mass is 136 g/mol. The van der Waals surface area contributed by atoms with Crippen molar-refractivity contribution < 1.29 is 0 Å². The number of hydrogen-bond acceptors (Lipinski definition) is 0. The van der Waals surface area contributed by atoms with Crippen LogP contribution in [0.25, 0.3) is 0 Å². The van der Waals surface area contributed by atoms with Gasteiger partial charge in [-0.05, 0) is 31.6 Å². The van der Waals surface area contributed by atoms with Gasteiger partial charge in [0.1, 0.15) is 0 Å². The molecule has 0 heteroatoms. The van der Waals surface area contributed by atoms with Gasteiger partial charge in [-0.1, -0.05) is 24.6 Å². The largest absolute Gasteiger partial charge is 0.103 e. The minimum absolute atomic E-state index is 0.388. The third-order valence-corrected chi connectivity index (χ3v) is 2.38. The van der Waals surface area contributed by atoms with Crippen LogP contribution in [0.3, 0.4) is 0 Å². The maximum atomic E-state index is 3.86. The first-order chi connectivity index (χ1) is 4.66. The molecular weight excluding hydrogens is 120 g/mol. The Labute approximate surface area is 63.6 Å². The van der Waals surface area contributed by atoms with Crippen molar-refractivity contribution in [2.75, 3.05) is 0 Å². The van der Waals surface area contributed by atoms with Gasteiger partial charge in [0.2, 0.25) is 0 Å². The van der Waals surface area contributed by atoms with E-state index in [9.17, 15) is 0 Å². The van der Waals surface area contributed by atoms with Gasteiger partial charge in [-0.15, -0.1) is 6.58 Å². The number of rotatable bonds is 1. The van der Waals surface area contributed by atoms with Gasteiger partial charge < -0.3 is 0 Å². The van der Waals surface area contributed by atoms with E-state index in [-0.39, 0.29) is 0 Å². The molecule has 56 valence electrons. The van der Waals surface area contributed by atoms with E-state index in [1.165, 1.54) is 24.8 Å². The fraction of sp³-hybridized carbons (Fsp3) is 0.600. The predicted molar refractivity (Wildman–Crippen MR) is 45.9 cm³/mol. The summed E-state index contributed by atoms with van der Waals surface area (Å²) in [5.74, 6) is 0. The second kappa shape index (κ2) is 2.61. The van der Waals surface area contributed by atoms with Gasteiger partial charge in [0.15, 0.2) is 0 Å². The third-order valence-electron chi connectivity index (χ3n) is 2.38. The van der Waals surface area contributed by atoms with Crippen molar-refractivity contribution in [2.45, 2.75) is 33.1 Å². The summed E-state index contributed by atoms with van der Waals surface area (Å²) in [6.45, 7) is 8.36. The Bertz CT molecular complexity index is 165. The van der Waals surface area contributed by atoms with Gasteiger partial charge in [0.05, 0.1) is 0 Å². The van der Waals surface area contributed by atoms with Gasteiger partial charge in [0, 0.05) is 0 Å². The zero-order valence-electron chi connectivity index (χ0n) is 6.98. The van der Waals surface area contributed by atoms with Crippen LogP contribution in [0.2, 0.25) is 0 Å². The van der Waals surface area contributed by atoms with Crippen LogP contribution in [0.15, 0.2) is 24.3 Å². The van der Waals surface area contributed by atoms with E-state index in [0.717, 1.165) is 0 Å². The Morgan fingerprint density at radius 3 is 2.80 bits per heavy atom. The highest BCUT2D eigenvalue weighted by Crippen LogP contribution is 2.36. The van der Waals surface area contributed by atoms with Crippen LogP contribution in [0.1, 0.15) is 33.1 Å². The molecule has 0 heterocycles. The quantitative estimate of drug-likeness (QED) is 0.485. The highest BCUT2D eigenvalue weighted by Gasteiger charge is 2.22. The van der Waals surface area contributed by atoms with Crippen LogP contribution in [0.5, 0.6) is 0 Å². The Morgan fingerprint density at radius 1 is 1.70 bits per heavy atom. The Hall–Kier alpha value is -0.520. The zero-order valence-corrected chi connectivity index (χ0v) is 6.98. The van der Waals surface area contributed by atoms with E-state index in [1.807, 2.05) is 0 Å². The lowest BCUT2D eigenvalue weighted by Crippen LogP contribution is -2.15. The molecule has 0 aromatic carbocycles. The van der Waals surface area contributed by atoms with Crippen molar-refractivity contribution >= 4 is 0 Å². The lowest BCUT2D eigenvalue weighted by atomic mass is 9.76. The van der Waals surface area contributed by atoms with E-state index in [0.29, 0.717) is 5.41 Å². The van der Waals surface area contributed by atoms with Crippen LogP contribution >= 0.6 is 0 Å². The topological polar surface area (TPSA) is 0 Å². The molecule has 1 rings (SSSR count). The van der Waals surface area contributed by atoms with Crippen molar-refractivity contribution in [1.82, 2.24) is 0 Å². The first-order valence-corrected chi connectivity index (χ1v) is 3.95. The van der Waals surface area contributed by atoms with Gasteiger partial charge in [0.25, 0.3) is 0 Å². The summed E-state index contributed by atoms with van der Waals surface area (Å²) >= 11 is 0. The predicted octanol–water partition coefficient (Wildman–Crippen LogP) is 3.31. The minimum atomic E-state index is 0.388. The lowest BCUT2D eigenvalue weighted by Gasteiger charge is -2.29. The molecule has 1 aliphatic rings. The van der Waals surface area contributed by atoms with Crippen LogP contribution in [0.4, 0.5) is 0 Å². The van der Waals surface area contributed by atoms with E-state index >= 15 is 0 Å². The molecule has 0 amide bonds. The summed E-state index contributed by atoms with van der Waals surface area (Å²) in [5, 5.41) is 0. The van der Waals surface area contributed by atoms with Gasteiger partial charge >= 0.3 is 0 Å². The fourth-order valence-electron chi connectivity index (χ4n) is 1.62. The van der Waals surface area contributed by atoms with Gasteiger partial charge in [-0.25, -0.2) is 0 Å². The highest BCUT2D eigenvalue weighted by atomic mass is 14.3. The normalized spacial score (nSPS) is 33.2. The molecule has 0 aliphatic heterocycles. The van der Waals surface area contributed by atoms with E-state index in [4.69, 9.17) is 0 Å². The molecule has 0 bridgehead atoms. The maximum absolute atomic E-state index is 3.86. The minimum Gasteiger partial charge on any atom is -0.103 e. The van der Waals surface area contributed by atoms with Crippen molar-refractivity contribution in [3.8, 4) is 0 Å². The third kappa shape index (κ3) is 1.50. The smallest absolute Gasteiger partial charge is 0.0109 e. The molecule has 0 fully saturated rings. The Kier molecular flexibility index (Phi) is 1.98. The molecule has 0 saturated carbocycles. The van der Waals surface area contributed by atoms with E-state index in [1.54, 1.807) is 0 Å². The van der Waals surface area contributed by atoms with Crippen LogP contribution < -0.4 is 0 Å². The molecule has 0 aromatic heterocycles. The SMILES string of the molecule is C=CC1(C)CCC=C(C)C1. The van der Waals surface area contributed by atoms with Gasteiger partial charge in [-0.2, -0.15) is 0 Å². The number of hydrogen-bond donors (Lipinski definition) is 0. The second-order valence-electron chi connectivity index (χ2n) is 3.62. The number of allylic oxidation sites excluding steroid dienone is 3. The summed E-state index contributed by atoms with van der Waals surface area (Å²) in [6.07, 6.45) is 8.15. The first-order valence-electron chi connectivity index (χ1n) is 3.95. The van der Waals surface area contributed by atoms with Crippen LogP contribution in [-0.4, -0.2) is 0 Å². The summed E-state index contributed by atoms with van der Waals surface area (Å²) in [4.78, 5) is 0. The molecule has 0 nitrogen and oxygen atoms in total. The summed E-state index contributed by atoms with van der Waals surface area (Å²) in [6, 6.07) is 0. The van der Waals surface area contributed by atoms with E-state index in [2.05, 4.69) is 32.6 Å². The molecular formula is C10H16. The van der Waals surface area contributed by atoms with Crippen LogP contribution in [0, 0.1) is 5.41 Å². The summed E-state index contributed by atoms with van der Waals surface area (Å²) < 4.78 is 0. The molecule has 0 spiro atoms. The van der Waals surface area contributed by atoms with Crippen molar-refractivity contribution in [2.24, 2.45) is 5.41 Å². The van der Waals surface area contributed by atoms with E-state index < -0.39 is 0 Å². The average Bonchev–Trinajstić information content (AvgIpc) is 1.88. The fourth-order valence-corrected chi connectivity index (χ4v) is 1.62. The Balaban J connectivity index is 2.68. The standard InChI is InChI=1S/C10H16/c1-4-10(3)7-5-6-9(2)8-10/h4,6H,1,5,7-8H2,2-3H3. The average molecular weight is 136 g/mol. The summed E-state index contributed by atoms with van der Waals surface area (Å²) in [7, 11) is 0. The molecule has 0 radical (unpaired) electrons. The molecule has 1 unspecified atom stereocenters. The molecule has 0 aromatic rings. The Morgan fingerprint density at radius 2 is 2.40 bits per heavy atom. The van der Waals surface area contributed by atoms with Gasteiger partial charge in [-0.3, -0.25) is 0 Å². The zero-order chi connectivity index (χ0) is 7.61. The second-order valence-corrected chi connectivity index (χ2v) is 3.62. The van der Waals surface area contributed by atoms with Crippen molar-refractivity contribution in [3.63, 3.8) is 0 Å². The summed E-state index contributed by atoms with van der Waals surface area (Å²) in [5.41, 5.74) is 1.91. The molecule has 10 heavy (non-hydrogen) atoms. The lowest BCUT2D eigenvalue weighted by molar-refractivity contribution is 0.375. The molecule has 1 aliphatic carbocycles. The maximum Gasteiger partial charge on any atom is -0.0109 e. The molecule has 0 N–H and O–H groups in total. The first kappa shape index (κ1) is 7.59. The molecule has 1 atom stereocenters. The highest BCUT2D eigenvalue weighted by molar-refractivity contribution is 5.11.